The lowest BCUT2D eigenvalue weighted by molar-refractivity contribution is 0.0946. The lowest BCUT2D eigenvalue weighted by atomic mass is 10.1. The fourth-order valence-electron chi connectivity index (χ4n) is 1.77. The third kappa shape index (κ3) is 3.62. The molecule has 1 amide bonds. The number of rotatable bonds is 5. The molecule has 4 nitrogen and oxygen atoms in total. The number of aromatic nitrogens is 1. The molecule has 2 aromatic rings. The standard InChI is InChI=1S/C14H16N2O2S/c1-10-15-7-12(19-10)8-16-14(17)13-6-4-3-5-11(13)9-18-2/h3-7H,8-9H2,1-2H3,(H,16,17). The molecule has 0 bridgehead atoms. The first-order chi connectivity index (χ1) is 9.20. The van der Waals surface area contributed by atoms with Gasteiger partial charge in [0, 0.05) is 23.7 Å². The summed E-state index contributed by atoms with van der Waals surface area (Å²) in [6, 6.07) is 7.46. The number of methoxy groups -OCH3 is 1. The minimum absolute atomic E-state index is 0.0845. The third-order valence-electron chi connectivity index (χ3n) is 2.65. The first-order valence-electron chi connectivity index (χ1n) is 5.97. The van der Waals surface area contributed by atoms with Gasteiger partial charge in [-0.3, -0.25) is 4.79 Å². The van der Waals surface area contributed by atoms with Gasteiger partial charge in [-0.1, -0.05) is 18.2 Å². The molecule has 0 unspecified atom stereocenters. The van der Waals surface area contributed by atoms with Crippen molar-refractivity contribution in [2.75, 3.05) is 7.11 Å². The highest BCUT2D eigenvalue weighted by Crippen LogP contribution is 2.13. The van der Waals surface area contributed by atoms with Gasteiger partial charge in [0.15, 0.2) is 0 Å². The Labute approximate surface area is 116 Å². The molecule has 1 aromatic heterocycles. The molecule has 0 atom stereocenters. The molecule has 2 rings (SSSR count). The molecule has 0 saturated carbocycles. The lowest BCUT2D eigenvalue weighted by Crippen LogP contribution is -2.23. The molecular weight excluding hydrogens is 260 g/mol. The zero-order chi connectivity index (χ0) is 13.7. The van der Waals surface area contributed by atoms with Gasteiger partial charge in [-0.15, -0.1) is 11.3 Å². The summed E-state index contributed by atoms with van der Waals surface area (Å²) in [5, 5.41) is 3.91. The summed E-state index contributed by atoms with van der Waals surface area (Å²) in [4.78, 5) is 17.4. The van der Waals surface area contributed by atoms with Gasteiger partial charge in [0.25, 0.3) is 5.91 Å². The number of carbonyl (C=O) groups is 1. The van der Waals surface area contributed by atoms with Crippen LogP contribution in [0.25, 0.3) is 0 Å². The van der Waals surface area contributed by atoms with Crippen LogP contribution in [0, 0.1) is 6.92 Å². The third-order valence-corrected chi connectivity index (χ3v) is 3.57. The van der Waals surface area contributed by atoms with Gasteiger partial charge in [0.1, 0.15) is 0 Å². The van der Waals surface area contributed by atoms with Gasteiger partial charge in [-0.05, 0) is 18.6 Å². The fourth-order valence-corrected chi connectivity index (χ4v) is 2.51. The smallest absolute Gasteiger partial charge is 0.251 e. The highest BCUT2D eigenvalue weighted by molar-refractivity contribution is 7.11. The summed E-state index contributed by atoms with van der Waals surface area (Å²) in [6.45, 7) is 2.89. The predicted octanol–water partition coefficient (Wildman–Crippen LogP) is 2.53. The number of nitrogens with zero attached hydrogens (tertiary/aromatic N) is 1. The monoisotopic (exact) mass is 276 g/mol. The SMILES string of the molecule is COCc1ccccc1C(=O)NCc1cnc(C)s1. The molecule has 1 heterocycles. The highest BCUT2D eigenvalue weighted by atomic mass is 32.1. The van der Waals surface area contributed by atoms with E-state index in [-0.39, 0.29) is 5.91 Å². The molecule has 0 aliphatic rings. The van der Waals surface area contributed by atoms with Crippen LogP contribution in [0.2, 0.25) is 0 Å². The van der Waals surface area contributed by atoms with Crippen molar-refractivity contribution in [3.8, 4) is 0 Å². The van der Waals surface area contributed by atoms with Crippen molar-refractivity contribution in [1.29, 1.82) is 0 Å². The van der Waals surface area contributed by atoms with Crippen molar-refractivity contribution in [3.63, 3.8) is 0 Å². The van der Waals surface area contributed by atoms with E-state index in [0.29, 0.717) is 18.7 Å². The van der Waals surface area contributed by atoms with Gasteiger partial charge < -0.3 is 10.1 Å². The topological polar surface area (TPSA) is 51.2 Å². The predicted molar refractivity (Wildman–Crippen MR) is 75.2 cm³/mol. The molecule has 1 aromatic carbocycles. The van der Waals surface area contributed by atoms with Crippen LogP contribution in [0.4, 0.5) is 0 Å². The number of carbonyl (C=O) groups excluding carboxylic acids is 1. The van der Waals surface area contributed by atoms with Gasteiger partial charge in [0.05, 0.1) is 18.2 Å². The van der Waals surface area contributed by atoms with Crippen LogP contribution in [-0.4, -0.2) is 18.0 Å². The number of ether oxygens (including phenoxy) is 1. The summed E-state index contributed by atoms with van der Waals surface area (Å²) < 4.78 is 5.10. The lowest BCUT2D eigenvalue weighted by Gasteiger charge is -2.08. The van der Waals surface area contributed by atoms with Crippen LogP contribution in [0.1, 0.15) is 25.8 Å². The zero-order valence-corrected chi connectivity index (χ0v) is 11.8. The van der Waals surface area contributed by atoms with Crippen molar-refractivity contribution in [1.82, 2.24) is 10.3 Å². The van der Waals surface area contributed by atoms with E-state index in [1.54, 1.807) is 24.6 Å². The molecule has 0 saturated heterocycles. The fraction of sp³-hybridized carbons (Fsp3) is 0.286. The van der Waals surface area contributed by atoms with E-state index in [1.807, 2.05) is 31.2 Å². The van der Waals surface area contributed by atoms with Gasteiger partial charge in [0.2, 0.25) is 0 Å². The van der Waals surface area contributed by atoms with Crippen molar-refractivity contribution < 1.29 is 9.53 Å². The Hall–Kier alpha value is -1.72. The van der Waals surface area contributed by atoms with Crippen LogP contribution in [0.15, 0.2) is 30.5 Å². The van der Waals surface area contributed by atoms with E-state index in [4.69, 9.17) is 4.74 Å². The number of aryl methyl sites for hydroxylation is 1. The Kier molecular flexibility index (Phi) is 4.65. The Morgan fingerprint density at radius 1 is 1.42 bits per heavy atom. The quantitative estimate of drug-likeness (QED) is 0.913. The molecule has 0 radical (unpaired) electrons. The molecule has 19 heavy (non-hydrogen) atoms. The van der Waals surface area contributed by atoms with Crippen LogP contribution < -0.4 is 5.32 Å². The Balaban J connectivity index is 2.03. The second-order valence-corrected chi connectivity index (χ2v) is 5.44. The second-order valence-electron chi connectivity index (χ2n) is 4.12. The molecule has 0 spiro atoms. The summed E-state index contributed by atoms with van der Waals surface area (Å²) in [7, 11) is 1.62. The minimum atomic E-state index is -0.0845. The average Bonchev–Trinajstić information content (AvgIpc) is 2.83. The molecule has 100 valence electrons. The van der Waals surface area contributed by atoms with Gasteiger partial charge in [-0.25, -0.2) is 4.98 Å². The average molecular weight is 276 g/mol. The second kappa shape index (κ2) is 6.45. The van der Waals surface area contributed by atoms with E-state index in [0.717, 1.165) is 15.4 Å². The van der Waals surface area contributed by atoms with E-state index >= 15 is 0 Å². The molecule has 0 aliphatic carbocycles. The number of hydrogen-bond acceptors (Lipinski definition) is 4. The van der Waals surface area contributed by atoms with E-state index < -0.39 is 0 Å². The summed E-state index contributed by atoms with van der Waals surface area (Å²) >= 11 is 1.59. The Bertz CT molecular complexity index is 566. The largest absolute Gasteiger partial charge is 0.380 e. The Morgan fingerprint density at radius 3 is 2.89 bits per heavy atom. The van der Waals surface area contributed by atoms with E-state index in [9.17, 15) is 4.79 Å². The normalized spacial score (nSPS) is 10.4. The van der Waals surface area contributed by atoms with Crippen LogP contribution in [0.5, 0.6) is 0 Å². The van der Waals surface area contributed by atoms with Crippen molar-refractivity contribution >= 4 is 17.2 Å². The number of amides is 1. The minimum Gasteiger partial charge on any atom is -0.380 e. The highest BCUT2D eigenvalue weighted by Gasteiger charge is 2.10. The van der Waals surface area contributed by atoms with Crippen LogP contribution in [0.3, 0.4) is 0 Å². The molecule has 0 fully saturated rings. The summed E-state index contributed by atoms with van der Waals surface area (Å²) in [5.74, 6) is -0.0845. The maximum absolute atomic E-state index is 12.1. The Morgan fingerprint density at radius 2 is 2.21 bits per heavy atom. The summed E-state index contributed by atoms with van der Waals surface area (Å²) in [6.07, 6.45) is 1.79. The number of benzene rings is 1. The van der Waals surface area contributed by atoms with Crippen molar-refractivity contribution in [3.05, 3.63) is 51.5 Å². The molecule has 5 heteroatoms. The molecule has 0 aliphatic heterocycles. The molecular formula is C14H16N2O2S. The number of hydrogen-bond donors (Lipinski definition) is 1. The van der Waals surface area contributed by atoms with Gasteiger partial charge >= 0.3 is 0 Å². The first kappa shape index (κ1) is 13.7. The maximum atomic E-state index is 12.1. The number of nitrogens with one attached hydrogen (secondary N) is 1. The van der Waals surface area contributed by atoms with Crippen molar-refractivity contribution in [2.24, 2.45) is 0 Å². The van der Waals surface area contributed by atoms with E-state index in [1.165, 1.54) is 0 Å². The van der Waals surface area contributed by atoms with Crippen LogP contribution in [-0.2, 0) is 17.9 Å². The number of thiazole rings is 1. The van der Waals surface area contributed by atoms with Gasteiger partial charge in [-0.2, -0.15) is 0 Å². The van der Waals surface area contributed by atoms with Crippen LogP contribution >= 0.6 is 11.3 Å². The maximum Gasteiger partial charge on any atom is 0.251 e. The zero-order valence-electron chi connectivity index (χ0n) is 11.0. The summed E-state index contributed by atoms with van der Waals surface area (Å²) in [5.41, 5.74) is 1.55. The first-order valence-corrected chi connectivity index (χ1v) is 6.78. The van der Waals surface area contributed by atoms with E-state index in [2.05, 4.69) is 10.3 Å². The molecule has 1 N–H and O–H groups in total. The van der Waals surface area contributed by atoms with Crippen molar-refractivity contribution in [2.45, 2.75) is 20.1 Å².